The van der Waals surface area contributed by atoms with Crippen molar-refractivity contribution in [3.05, 3.63) is 26.6 Å². The molecule has 0 saturated heterocycles. The zero-order chi connectivity index (χ0) is 11.4. The molecule has 0 heterocycles. The zero-order valence-electron chi connectivity index (χ0n) is 9.06. The van der Waals surface area contributed by atoms with Crippen LogP contribution in [-0.4, -0.2) is 5.11 Å². The average molecular weight is 336 g/mol. The fraction of sp³-hybridized carbons (Fsp3) is 0.500. The quantitative estimate of drug-likeness (QED) is 0.800. The van der Waals surface area contributed by atoms with E-state index in [1.165, 1.54) is 24.8 Å². The van der Waals surface area contributed by atoms with Crippen molar-refractivity contribution in [2.24, 2.45) is 0 Å². The van der Waals surface area contributed by atoms with Crippen LogP contribution >= 0.6 is 31.9 Å². The summed E-state index contributed by atoms with van der Waals surface area (Å²) in [4.78, 5) is 0. The Morgan fingerprint density at radius 1 is 1.27 bits per heavy atom. The second-order valence-electron chi connectivity index (χ2n) is 3.88. The Bertz CT molecular complexity index is 313. The molecule has 1 unspecified atom stereocenters. The topological polar surface area (TPSA) is 20.2 Å². The smallest absolute Gasteiger partial charge is 0.143 e. The molecule has 0 spiro atoms. The molecule has 0 fully saturated rings. The van der Waals surface area contributed by atoms with E-state index in [4.69, 9.17) is 0 Å². The van der Waals surface area contributed by atoms with Crippen LogP contribution in [0.3, 0.4) is 0 Å². The predicted molar refractivity (Wildman–Crippen MR) is 71.4 cm³/mol. The van der Waals surface area contributed by atoms with Crippen molar-refractivity contribution in [1.82, 2.24) is 0 Å². The van der Waals surface area contributed by atoms with Gasteiger partial charge in [0, 0.05) is 0 Å². The molecule has 15 heavy (non-hydrogen) atoms. The minimum Gasteiger partial charge on any atom is -0.506 e. The van der Waals surface area contributed by atoms with Gasteiger partial charge in [0.1, 0.15) is 5.75 Å². The Morgan fingerprint density at radius 2 is 1.80 bits per heavy atom. The largest absolute Gasteiger partial charge is 0.506 e. The lowest BCUT2D eigenvalue weighted by Crippen LogP contribution is -1.94. The standard InChI is InChI=1S/C12H16Br2O/c1-3-4-5-8(2)9-6-10(13)12(15)11(14)7-9/h6-8,15H,3-5H2,1-2H3. The van der Waals surface area contributed by atoms with E-state index < -0.39 is 0 Å². The zero-order valence-corrected chi connectivity index (χ0v) is 12.2. The molecule has 1 rings (SSSR count). The summed E-state index contributed by atoms with van der Waals surface area (Å²) in [6, 6.07) is 4.00. The highest BCUT2D eigenvalue weighted by atomic mass is 79.9. The normalized spacial score (nSPS) is 12.8. The highest BCUT2D eigenvalue weighted by molar-refractivity contribution is 9.11. The molecule has 0 amide bonds. The molecule has 0 aliphatic heterocycles. The maximum atomic E-state index is 9.59. The fourth-order valence-corrected chi connectivity index (χ4v) is 2.77. The maximum Gasteiger partial charge on any atom is 0.143 e. The number of phenols is 1. The highest BCUT2D eigenvalue weighted by Crippen LogP contribution is 2.36. The van der Waals surface area contributed by atoms with Crippen molar-refractivity contribution < 1.29 is 5.11 Å². The molecule has 0 saturated carbocycles. The van der Waals surface area contributed by atoms with Crippen LogP contribution in [0, 0.1) is 0 Å². The monoisotopic (exact) mass is 334 g/mol. The highest BCUT2D eigenvalue weighted by Gasteiger charge is 2.10. The van der Waals surface area contributed by atoms with E-state index in [1.54, 1.807) is 0 Å². The van der Waals surface area contributed by atoms with Gasteiger partial charge in [-0.25, -0.2) is 0 Å². The Labute approximate surface area is 108 Å². The summed E-state index contributed by atoms with van der Waals surface area (Å²) in [6.45, 7) is 4.43. The first-order chi connectivity index (χ1) is 7.06. The van der Waals surface area contributed by atoms with E-state index in [0.717, 1.165) is 8.95 Å². The molecule has 0 bridgehead atoms. The van der Waals surface area contributed by atoms with Gasteiger partial charge in [0.15, 0.2) is 0 Å². The molecular weight excluding hydrogens is 320 g/mol. The number of hydrogen-bond donors (Lipinski definition) is 1. The van der Waals surface area contributed by atoms with Crippen molar-refractivity contribution in [3.63, 3.8) is 0 Å². The molecular formula is C12H16Br2O. The Hall–Kier alpha value is -0.0200. The van der Waals surface area contributed by atoms with Gasteiger partial charge < -0.3 is 5.11 Å². The summed E-state index contributed by atoms with van der Waals surface area (Å²) >= 11 is 6.71. The van der Waals surface area contributed by atoms with Crippen molar-refractivity contribution >= 4 is 31.9 Å². The molecule has 1 N–H and O–H groups in total. The minimum absolute atomic E-state index is 0.279. The lowest BCUT2D eigenvalue weighted by molar-refractivity contribution is 0.467. The van der Waals surface area contributed by atoms with Crippen LogP contribution in [0.5, 0.6) is 5.75 Å². The van der Waals surface area contributed by atoms with Gasteiger partial charge >= 0.3 is 0 Å². The number of hydrogen-bond acceptors (Lipinski definition) is 1. The first kappa shape index (κ1) is 13.0. The van der Waals surface area contributed by atoms with Gasteiger partial charge in [-0.15, -0.1) is 0 Å². The first-order valence-corrected chi connectivity index (χ1v) is 6.82. The van der Waals surface area contributed by atoms with Gasteiger partial charge in [-0.1, -0.05) is 26.7 Å². The fourth-order valence-electron chi connectivity index (χ4n) is 1.55. The van der Waals surface area contributed by atoms with Gasteiger partial charge in [0.2, 0.25) is 0 Å². The third-order valence-electron chi connectivity index (χ3n) is 2.60. The first-order valence-electron chi connectivity index (χ1n) is 5.24. The van der Waals surface area contributed by atoms with Crippen LogP contribution in [0.4, 0.5) is 0 Å². The maximum absolute atomic E-state index is 9.59. The van der Waals surface area contributed by atoms with Gasteiger partial charge in [-0.2, -0.15) is 0 Å². The van der Waals surface area contributed by atoms with Crippen LogP contribution in [0.25, 0.3) is 0 Å². The van der Waals surface area contributed by atoms with E-state index in [-0.39, 0.29) is 5.75 Å². The molecule has 0 aliphatic carbocycles. The second kappa shape index (κ2) is 5.90. The van der Waals surface area contributed by atoms with Gasteiger partial charge in [0.05, 0.1) is 8.95 Å². The van der Waals surface area contributed by atoms with E-state index in [1.807, 2.05) is 12.1 Å². The summed E-state index contributed by atoms with van der Waals surface area (Å²) in [5.74, 6) is 0.819. The molecule has 3 heteroatoms. The van der Waals surface area contributed by atoms with Gasteiger partial charge in [0.25, 0.3) is 0 Å². The second-order valence-corrected chi connectivity index (χ2v) is 5.59. The van der Waals surface area contributed by atoms with Crippen LogP contribution in [0.2, 0.25) is 0 Å². The van der Waals surface area contributed by atoms with Crippen LogP contribution in [0.15, 0.2) is 21.1 Å². The number of halogens is 2. The summed E-state index contributed by atoms with van der Waals surface area (Å²) in [5.41, 5.74) is 1.26. The van der Waals surface area contributed by atoms with E-state index in [9.17, 15) is 5.11 Å². The molecule has 1 atom stereocenters. The number of phenolic OH excluding ortho intramolecular Hbond substituents is 1. The molecule has 1 aromatic carbocycles. The molecule has 84 valence electrons. The van der Waals surface area contributed by atoms with E-state index >= 15 is 0 Å². The van der Waals surface area contributed by atoms with Gasteiger partial charge in [-0.3, -0.25) is 0 Å². The molecule has 0 radical (unpaired) electrons. The minimum atomic E-state index is 0.279. The summed E-state index contributed by atoms with van der Waals surface area (Å²) in [7, 11) is 0. The van der Waals surface area contributed by atoms with E-state index in [2.05, 4.69) is 45.7 Å². The Kier molecular flexibility index (Phi) is 5.13. The Balaban J connectivity index is 2.86. The number of aromatic hydroxyl groups is 1. The van der Waals surface area contributed by atoms with Crippen molar-refractivity contribution in [1.29, 1.82) is 0 Å². The summed E-state index contributed by atoms with van der Waals surface area (Å²) in [5, 5.41) is 9.59. The average Bonchev–Trinajstić information content (AvgIpc) is 2.21. The number of unbranched alkanes of at least 4 members (excludes halogenated alkanes) is 1. The lowest BCUT2D eigenvalue weighted by Gasteiger charge is -2.13. The van der Waals surface area contributed by atoms with Crippen LogP contribution in [-0.2, 0) is 0 Å². The van der Waals surface area contributed by atoms with E-state index in [0.29, 0.717) is 5.92 Å². The number of benzene rings is 1. The third kappa shape index (κ3) is 3.49. The molecule has 1 aromatic rings. The van der Waals surface area contributed by atoms with Gasteiger partial charge in [-0.05, 0) is 61.9 Å². The summed E-state index contributed by atoms with van der Waals surface area (Å²) < 4.78 is 1.52. The predicted octanol–water partition coefficient (Wildman–Crippen LogP) is 5.21. The van der Waals surface area contributed by atoms with Crippen LogP contribution in [0.1, 0.15) is 44.6 Å². The third-order valence-corrected chi connectivity index (χ3v) is 3.81. The molecule has 0 aliphatic rings. The van der Waals surface area contributed by atoms with Crippen molar-refractivity contribution in [2.75, 3.05) is 0 Å². The summed E-state index contributed by atoms with van der Waals surface area (Å²) in [6.07, 6.45) is 3.67. The lowest BCUT2D eigenvalue weighted by atomic mass is 9.96. The van der Waals surface area contributed by atoms with Crippen LogP contribution < -0.4 is 0 Å². The van der Waals surface area contributed by atoms with Crippen molar-refractivity contribution in [3.8, 4) is 5.75 Å². The number of rotatable bonds is 4. The SMILES string of the molecule is CCCCC(C)c1cc(Br)c(O)c(Br)c1. The van der Waals surface area contributed by atoms with Crippen molar-refractivity contribution in [2.45, 2.75) is 39.0 Å². The molecule has 1 nitrogen and oxygen atoms in total. The Morgan fingerprint density at radius 3 is 2.27 bits per heavy atom. The molecule has 0 aromatic heterocycles.